The number of hydrogen-bond acceptors (Lipinski definition) is 4. The Kier molecular flexibility index (Phi) is 4.59. The summed E-state index contributed by atoms with van der Waals surface area (Å²) in [5.74, 6) is 0.345. The molecule has 2 heterocycles. The predicted octanol–water partition coefficient (Wildman–Crippen LogP) is 4.48. The van der Waals surface area contributed by atoms with Crippen molar-refractivity contribution in [3.63, 3.8) is 0 Å². The van der Waals surface area contributed by atoms with Crippen LogP contribution in [0.25, 0.3) is 10.2 Å². The molecule has 1 saturated heterocycles. The Balaban J connectivity index is 1.52. The van der Waals surface area contributed by atoms with Crippen molar-refractivity contribution in [1.29, 1.82) is 0 Å². The number of nitrogens with zero attached hydrogens (tertiary/aromatic N) is 2. The zero-order valence-corrected chi connectivity index (χ0v) is 16.6. The lowest BCUT2D eigenvalue weighted by atomic mass is 9.99. The lowest BCUT2D eigenvalue weighted by Crippen LogP contribution is -2.38. The van der Waals surface area contributed by atoms with Crippen LogP contribution in [-0.4, -0.2) is 30.8 Å². The first-order chi connectivity index (χ1) is 12.4. The van der Waals surface area contributed by atoms with Gasteiger partial charge in [0.2, 0.25) is 10.0 Å². The molecule has 0 atom stereocenters. The summed E-state index contributed by atoms with van der Waals surface area (Å²) in [6, 6.07) is 13.7. The molecule has 4 rings (SSSR count). The van der Waals surface area contributed by atoms with Crippen molar-refractivity contribution in [3.8, 4) is 0 Å². The second-order valence-electron chi connectivity index (χ2n) is 6.97. The molecule has 26 heavy (non-hydrogen) atoms. The highest BCUT2D eigenvalue weighted by Gasteiger charge is 2.31. The summed E-state index contributed by atoms with van der Waals surface area (Å²) in [6.45, 7) is 4.95. The Labute approximate surface area is 158 Å². The maximum atomic E-state index is 13.0. The Hall–Kier alpha value is -1.76. The van der Waals surface area contributed by atoms with Gasteiger partial charge in [-0.3, -0.25) is 0 Å². The molecule has 0 aliphatic carbocycles. The van der Waals surface area contributed by atoms with E-state index in [0.29, 0.717) is 23.9 Å². The second kappa shape index (κ2) is 6.76. The van der Waals surface area contributed by atoms with Gasteiger partial charge in [0, 0.05) is 19.0 Å². The minimum absolute atomic E-state index is 0.345. The SMILES string of the molecule is Cc1ccc(S(=O)(=O)N2CCC(c3nc4ccccc4s3)CC2)c(C)c1. The van der Waals surface area contributed by atoms with Crippen LogP contribution >= 0.6 is 11.3 Å². The van der Waals surface area contributed by atoms with Crippen LogP contribution in [0.5, 0.6) is 0 Å². The summed E-state index contributed by atoms with van der Waals surface area (Å²) >= 11 is 1.73. The van der Waals surface area contributed by atoms with Crippen LogP contribution in [-0.2, 0) is 10.0 Å². The lowest BCUT2D eigenvalue weighted by Gasteiger charge is -2.30. The fourth-order valence-electron chi connectivity index (χ4n) is 3.64. The quantitative estimate of drug-likeness (QED) is 0.667. The molecule has 4 nitrogen and oxygen atoms in total. The van der Waals surface area contributed by atoms with Crippen molar-refractivity contribution in [2.45, 2.75) is 37.5 Å². The van der Waals surface area contributed by atoms with Gasteiger partial charge in [0.25, 0.3) is 0 Å². The standard InChI is InChI=1S/C20H22N2O2S2/c1-14-7-8-19(15(2)13-14)26(23,24)22-11-9-16(10-12-22)20-21-17-5-3-4-6-18(17)25-20/h3-8,13,16H,9-12H2,1-2H3. The second-order valence-corrected chi connectivity index (χ2v) is 9.94. The largest absolute Gasteiger partial charge is 0.243 e. The number of fused-ring (bicyclic) bond motifs is 1. The van der Waals surface area contributed by atoms with E-state index in [1.165, 1.54) is 4.70 Å². The molecule has 0 radical (unpaired) electrons. The molecule has 6 heteroatoms. The highest BCUT2D eigenvalue weighted by molar-refractivity contribution is 7.89. The van der Waals surface area contributed by atoms with Gasteiger partial charge in [-0.05, 0) is 50.5 Å². The molecular weight excluding hydrogens is 364 g/mol. The van der Waals surface area contributed by atoms with Gasteiger partial charge in [-0.25, -0.2) is 13.4 Å². The van der Waals surface area contributed by atoms with E-state index in [0.717, 1.165) is 34.5 Å². The van der Waals surface area contributed by atoms with E-state index in [1.54, 1.807) is 21.7 Å². The number of aryl methyl sites for hydroxylation is 2. The summed E-state index contributed by atoms with van der Waals surface area (Å²) in [4.78, 5) is 5.19. The third-order valence-corrected chi connectivity index (χ3v) is 8.32. The summed E-state index contributed by atoms with van der Waals surface area (Å²) in [6.07, 6.45) is 1.65. The zero-order chi connectivity index (χ0) is 18.3. The normalized spacial score (nSPS) is 17.0. The summed E-state index contributed by atoms with van der Waals surface area (Å²) in [5, 5.41) is 1.13. The van der Waals surface area contributed by atoms with E-state index >= 15 is 0 Å². The van der Waals surface area contributed by atoms with E-state index in [2.05, 4.69) is 6.07 Å². The van der Waals surface area contributed by atoms with Gasteiger partial charge in [-0.2, -0.15) is 4.31 Å². The first-order valence-corrected chi connectivity index (χ1v) is 11.1. The van der Waals surface area contributed by atoms with Gasteiger partial charge in [0.15, 0.2) is 0 Å². The van der Waals surface area contributed by atoms with Crippen LogP contribution < -0.4 is 0 Å². The first kappa shape index (κ1) is 17.6. The molecule has 0 spiro atoms. The molecule has 1 aromatic heterocycles. The van der Waals surface area contributed by atoms with Crippen LogP contribution in [0.4, 0.5) is 0 Å². The highest BCUT2D eigenvalue weighted by Crippen LogP contribution is 2.35. The minimum Gasteiger partial charge on any atom is -0.241 e. The number of para-hydroxylation sites is 1. The molecule has 1 aliphatic rings. The van der Waals surface area contributed by atoms with E-state index in [1.807, 2.05) is 44.2 Å². The molecule has 136 valence electrons. The van der Waals surface area contributed by atoms with Gasteiger partial charge in [-0.15, -0.1) is 11.3 Å². The number of thiazole rings is 1. The van der Waals surface area contributed by atoms with E-state index in [9.17, 15) is 8.42 Å². The van der Waals surface area contributed by atoms with Gasteiger partial charge in [0.05, 0.1) is 20.1 Å². The summed E-state index contributed by atoms with van der Waals surface area (Å²) in [7, 11) is -3.42. The van der Waals surface area contributed by atoms with Crippen LogP contribution in [0.3, 0.4) is 0 Å². The van der Waals surface area contributed by atoms with Crippen LogP contribution in [0, 0.1) is 13.8 Å². The molecule has 3 aromatic rings. The molecule has 0 saturated carbocycles. The smallest absolute Gasteiger partial charge is 0.241 e. The molecule has 1 aliphatic heterocycles. The van der Waals surface area contributed by atoms with Gasteiger partial charge < -0.3 is 0 Å². The van der Waals surface area contributed by atoms with Crippen molar-refractivity contribution >= 4 is 31.6 Å². The average molecular weight is 387 g/mol. The molecular formula is C20H22N2O2S2. The predicted molar refractivity (Wildman–Crippen MR) is 106 cm³/mol. The third-order valence-electron chi connectivity index (χ3n) is 5.06. The van der Waals surface area contributed by atoms with E-state index < -0.39 is 10.0 Å². The third kappa shape index (κ3) is 3.17. The number of aromatic nitrogens is 1. The fourth-order valence-corrected chi connectivity index (χ4v) is 6.45. The molecule has 0 N–H and O–H groups in total. The maximum absolute atomic E-state index is 13.0. The van der Waals surface area contributed by atoms with Gasteiger partial charge in [0.1, 0.15) is 0 Å². The van der Waals surface area contributed by atoms with Crippen LogP contribution in [0.1, 0.15) is 34.9 Å². The number of benzene rings is 2. The fraction of sp³-hybridized carbons (Fsp3) is 0.350. The Bertz CT molecular complexity index is 1020. The lowest BCUT2D eigenvalue weighted by molar-refractivity contribution is 0.319. The van der Waals surface area contributed by atoms with Gasteiger partial charge >= 0.3 is 0 Å². The molecule has 0 unspecified atom stereocenters. The Morgan fingerprint density at radius 3 is 2.50 bits per heavy atom. The minimum atomic E-state index is -3.42. The number of hydrogen-bond donors (Lipinski definition) is 0. The Morgan fingerprint density at radius 1 is 1.08 bits per heavy atom. The van der Waals surface area contributed by atoms with E-state index in [-0.39, 0.29) is 0 Å². The van der Waals surface area contributed by atoms with Crippen molar-refractivity contribution in [2.24, 2.45) is 0 Å². The number of piperidine rings is 1. The first-order valence-electron chi connectivity index (χ1n) is 8.88. The highest BCUT2D eigenvalue weighted by atomic mass is 32.2. The van der Waals surface area contributed by atoms with Crippen LogP contribution in [0.15, 0.2) is 47.4 Å². The monoisotopic (exact) mass is 386 g/mol. The maximum Gasteiger partial charge on any atom is 0.243 e. The van der Waals surface area contributed by atoms with Crippen molar-refractivity contribution in [2.75, 3.05) is 13.1 Å². The van der Waals surface area contributed by atoms with Gasteiger partial charge in [-0.1, -0.05) is 29.8 Å². The Morgan fingerprint density at radius 2 is 1.81 bits per heavy atom. The molecule has 0 bridgehead atoms. The van der Waals surface area contributed by atoms with Crippen LogP contribution in [0.2, 0.25) is 0 Å². The molecule has 1 fully saturated rings. The molecule has 0 amide bonds. The zero-order valence-electron chi connectivity index (χ0n) is 15.0. The topological polar surface area (TPSA) is 50.3 Å². The summed E-state index contributed by atoms with van der Waals surface area (Å²) in [5.41, 5.74) is 2.94. The molecule has 2 aromatic carbocycles. The average Bonchev–Trinajstić information content (AvgIpc) is 3.05. The number of rotatable bonds is 3. The van der Waals surface area contributed by atoms with Crippen molar-refractivity contribution < 1.29 is 8.42 Å². The van der Waals surface area contributed by atoms with Crippen molar-refractivity contribution in [1.82, 2.24) is 9.29 Å². The van der Waals surface area contributed by atoms with Crippen molar-refractivity contribution in [3.05, 3.63) is 58.6 Å². The summed E-state index contributed by atoms with van der Waals surface area (Å²) < 4.78 is 28.9. The van der Waals surface area contributed by atoms with E-state index in [4.69, 9.17) is 4.98 Å². The number of sulfonamides is 1.